The minimum absolute atomic E-state index is 0.122. The van der Waals surface area contributed by atoms with Crippen LogP contribution >= 0.6 is 0 Å². The van der Waals surface area contributed by atoms with Gasteiger partial charge in [-0.05, 0) is 33.6 Å². The van der Waals surface area contributed by atoms with Crippen LogP contribution in [0.4, 0.5) is 0 Å². The highest BCUT2D eigenvalue weighted by molar-refractivity contribution is 7.89. The minimum atomic E-state index is -3.30. The molecule has 1 fully saturated rings. The number of nitrogens with one attached hydrogen (secondary N) is 3. The molecular formula is C14H31N5O4S2. The molecule has 3 N–H and O–H groups in total. The van der Waals surface area contributed by atoms with Gasteiger partial charge in [-0.3, -0.25) is 4.99 Å². The highest BCUT2D eigenvalue weighted by Gasteiger charge is 2.27. The van der Waals surface area contributed by atoms with Crippen molar-refractivity contribution < 1.29 is 16.8 Å². The molecule has 0 saturated carbocycles. The molecule has 1 rings (SSSR count). The van der Waals surface area contributed by atoms with Gasteiger partial charge in [0.05, 0.1) is 12.0 Å². The summed E-state index contributed by atoms with van der Waals surface area (Å²) in [4.78, 5) is 4.15. The Hall–Kier alpha value is -0.910. The number of hydrogen-bond acceptors (Lipinski definition) is 5. The van der Waals surface area contributed by atoms with Gasteiger partial charge in [0.25, 0.3) is 0 Å². The molecule has 0 atom stereocenters. The number of hydrogen-bond donors (Lipinski definition) is 3. The SMILES string of the molecule is CCS(=O)(=O)N1CCC(NC(=NC)NCC(C)(C)NS(C)(=O)=O)CC1. The number of aliphatic imine (C=N–C) groups is 1. The zero-order chi connectivity index (χ0) is 19.3. The molecule has 148 valence electrons. The molecule has 11 heteroatoms. The fourth-order valence-corrected chi connectivity index (χ4v) is 4.90. The van der Waals surface area contributed by atoms with Crippen molar-refractivity contribution in [3.63, 3.8) is 0 Å². The Morgan fingerprint density at radius 2 is 1.76 bits per heavy atom. The van der Waals surface area contributed by atoms with Crippen LogP contribution in [0.2, 0.25) is 0 Å². The highest BCUT2D eigenvalue weighted by atomic mass is 32.2. The third-order valence-corrected chi connectivity index (χ3v) is 6.74. The molecule has 1 aliphatic rings. The van der Waals surface area contributed by atoms with Crippen LogP contribution in [0.3, 0.4) is 0 Å². The van der Waals surface area contributed by atoms with Crippen LogP contribution in [0.1, 0.15) is 33.6 Å². The lowest BCUT2D eigenvalue weighted by Gasteiger charge is -2.33. The summed E-state index contributed by atoms with van der Waals surface area (Å²) in [5.41, 5.74) is -0.663. The molecule has 25 heavy (non-hydrogen) atoms. The van der Waals surface area contributed by atoms with E-state index in [0.717, 1.165) is 6.26 Å². The number of sulfonamides is 2. The van der Waals surface area contributed by atoms with E-state index in [1.807, 2.05) is 0 Å². The van der Waals surface area contributed by atoms with Gasteiger partial charge in [0, 0.05) is 38.3 Å². The van der Waals surface area contributed by atoms with E-state index >= 15 is 0 Å². The van der Waals surface area contributed by atoms with Crippen LogP contribution in [0.25, 0.3) is 0 Å². The summed E-state index contributed by atoms with van der Waals surface area (Å²) in [6.07, 6.45) is 2.52. The lowest BCUT2D eigenvalue weighted by Crippen LogP contribution is -2.55. The standard InChI is InChI=1S/C14H31N5O4S2/c1-6-25(22,23)19-9-7-12(8-10-19)17-13(15-4)16-11-14(2,3)18-24(5,20)21/h12,18H,6-11H2,1-5H3,(H2,15,16,17). The van der Waals surface area contributed by atoms with E-state index in [0.29, 0.717) is 38.4 Å². The van der Waals surface area contributed by atoms with Gasteiger partial charge >= 0.3 is 0 Å². The molecule has 1 saturated heterocycles. The van der Waals surface area contributed by atoms with Gasteiger partial charge in [0.15, 0.2) is 5.96 Å². The topological polar surface area (TPSA) is 120 Å². The molecule has 1 heterocycles. The van der Waals surface area contributed by atoms with Crippen molar-refractivity contribution in [2.75, 3.05) is 38.7 Å². The second-order valence-electron chi connectivity index (χ2n) is 6.90. The maximum absolute atomic E-state index is 11.9. The Labute approximate surface area is 151 Å². The van der Waals surface area contributed by atoms with Gasteiger partial charge in [-0.15, -0.1) is 0 Å². The molecule has 0 aliphatic carbocycles. The number of guanidine groups is 1. The first kappa shape index (κ1) is 22.1. The van der Waals surface area contributed by atoms with Crippen molar-refractivity contribution >= 4 is 26.0 Å². The van der Waals surface area contributed by atoms with E-state index in [-0.39, 0.29) is 11.8 Å². The van der Waals surface area contributed by atoms with Crippen LogP contribution in [-0.2, 0) is 20.0 Å². The van der Waals surface area contributed by atoms with Crippen molar-refractivity contribution in [1.82, 2.24) is 19.7 Å². The third kappa shape index (κ3) is 7.89. The summed E-state index contributed by atoms with van der Waals surface area (Å²) in [5.74, 6) is 0.691. The number of nitrogens with zero attached hydrogens (tertiary/aromatic N) is 2. The van der Waals surface area contributed by atoms with E-state index in [9.17, 15) is 16.8 Å². The summed E-state index contributed by atoms with van der Waals surface area (Å²) in [6, 6.07) is 0.125. The summed E-state index contributed by atoms with van der Waals surface area (Å²) in [5, 5.41) is 6.38. The quantitative estimate of drug-likeness (QED) is 0.386. The van der Waals surface area contributed by atoms with E-state index in [2.05, 4.69) is 20.3 Å². The molecule has 0 bridgehead atoms. The lowest BCUT2D eigenvalue weighted by atomic mass is 10.1. The lowest BCUT2D eigenvalue weighted by molar-refractivity contribution is 0.306. The Bertz CT molecular complexity index is 665. The fraction of sp³-hybridized carbons (Fsp3) is 0.929. The van der Waals surface area contributed by atoms with Gasteiger partial charge in [-0.1, -0.05) is 0 Å². The predicted octanol–water partition coefficient (Wildman–Crippen LogP) is -0.707. The van der Waals surface area contributed by atoms with E-state index in [4.69, 9.17) is 0 Å². The molecule has 9 nitrogen and oxygen atoms in total. The Morgan fingerprint density at radius 3 is 2.20 bits per heavy atom. The van der Waals surface area contributed by atoms with E-state index in [1.54, 1.807) is 27.8 Å². The highest BCUT2D eigenvalue weighted by Crippen LogP contribution is 2.14. The van der Waals surface area contributed by atoms with Crippen molar-refractivity contribution in [2.24, 2.45) is 4.99 Å². The van der Waals surface area contributed by atoms with Crippen molar-refractivity contribution in [3.8, 4) is 0 Å². The first-order valence-corrected chi connectivity index (χ1v) is 11.8. The molecule has 0 aromatic carbocycles. The fourth-order valence-electron chi connectivity index (χ4n) is 2.69. The first-order chi connectivity index (χ1) is 11.4. The van der Waals surface area contributed by atoms with Gasteiger partial charge in [-0.25, -0.2) is 25.9 Å². The number of piperidine rings is 1. The second-order valence-corrected chi connectivity index (χ2v) is 10.9. The molecular weight excluding hydrogens is 366 g/mol. The summed E-state index contributed by atoms with van der Waals surface area (Å²) in [6.45, 7) is 6.56. The Balaban J connectivity index is 2.51. The monoisotopic (exact) mass is 397 g/mol. The second kappa shape index (κ2) is 8.65. The summed E-state index contributed by atoms with van der Waals surface area (Å²) < 4.78 is 50.6. The predicted molar refractivity (Wildman–Crippen MR) is 101 cm³/mol. The normalized spacial score (nSPS) is 19.0. The Morgan fingerprint density at radius 1 is 1.20 bits per heavy atom. The van der Waals surface area contributed by atoms with Crippen LogP contribution < -0.4 is 15.4 Å². The molecule has 0 amide bonds. The van der Waals surface area contributed by atoms with Crippen LogP contribution in [0.15, 0.2) is 4.99 Å². The molecule has 0 aromatic rings. The van der Waals surface area contributed by atoms with Crippen LogP contribution in [-0.4, -0.2) is 77.4 Å². The van der Waals surface area contributed by atoms with Gasteiger partial charge in [0.1, 0.15) is 0 Å². The van der Waals surface area contributed by atoms with E-state index < -0.39 is 25.6 Å². The van der Waals surface area contributed by atoms with Gasteiger partial charge in [-0.2, -0.15) is 0 Å². The maximum atomic E-state index is 11.9. The largest absolute Gasteiger partial charge is 0.355 e. The first-order valence-electron chi connectivity index (χ1n) is 8.32. The maximum Gasteiger partial charge on any atom is 0.213 e. The van der Waals surface area contributed by atoms with Crippen LogP contribution in [0.5, 0.6) is 0 Å². The molecule has 0 unspecified atom stereocenters. The molecule has 0 aromatic heterocycles. The zero-order valence-electron chi connectivity index (χ0n) is 15.7. The molecule has 1 aliphatic heterocycles. The third-order valence-electron chi connectivity index (χ3n) is 3.94. The number of rotatable bonds is 7. The minimum Gasteiger partial charge on any atom is -0.355 e. The molecule has 0 spiro atoms. The average Bonchev–Trinajstić information content (AvgIpc) is 2.49. The average molecular weight is 398 g/mol. The smallest absolute Gasteiger partial charge is 0.213 e. The molecule has 0 radical (unpaired) electrons. The van der Waals surface area contributed by atoms with Crippen LogP contribution in [0, 0.1) is 0 Å². The Kier molecular flexibility index (Phi) is 7.66. The van der Waals surface area contributed by atoms with Crippen molar-refractivity contribution in [1.29, 1.82) is 0 Å². The van der Waals surface area contributed by atoms with Crippen molar-refractivity contribution in [2.45, 2.75) is 45.2 Å². The van der Waals surface area contributed by atoms with Gasteiger partial charge in [0.2, 0.25) is 20.0 Å². The van der Waals surface area contributed by atoms with Crippen molar-refractivity contribution in [3.05, 3.63) is 0 Å². The van der Waals surface area contributed by atoms with Gasteiger partial charge < -0.3 is 10.6 Å². The summed E-state index contributed by atoms with van der Waals surface area (Å²) in [7, 11) is -4.79. The van der Waals surface area contributed by atoms with E-state index in [1.165, 1.54) is 4.31 Å². The zero-order valence-corrected chi connectivity index (χ0v) is 17.3. The summed E-state index contributed by atoms with van der Waals surface area (Å²) >= 11 is 0.